The van der Waals surface area contributed by atoms with Crippen molar-refractivity contribution in [3.05, 3.63) is 30.3 Å². The summed E-state index contributed by atoms with van der Waals surface area (Å²) in [7, 11) is 0. The van der Waals surface area contributed by atoms with Crippen molar-refractivity contribution < 1.29 is 14.6 Å². The molecule has 0 aromatic heterocycles. The van der Waals surface area contributed by atoms with E-state index in [9.17, 15) is 9.90 Å². The molecule has 2 atom stereocenters. The van der Waals surface area contributed by atoms with Crippen LogP contribution in [0.3, 0.4) is 0 Å². The molecule has 0 heterocycles. The Labute approximate surface area is 115 Å². The number of aliphatic hydroxyl groups excluding tert-OH is 1. The zero-order valence-corrected chi connectivity index (χ0v) is 12.5. The van der Waals surface area contributed by atoms with Crippen molar-refractivity contribution in [2.24, 2.45) is 0 Å². The van der Waals surface area contributed by atoms with Gasteiger partial charge in [0.25, 0.3) is 0 Å². The second kappa shape index (κ2) is 8.30. The molecule has 0 saturated heterocycles. The number of benzene rings is 1. The molecule has 1 aromatic carbocycles. The number of carbonyl (C=O) groups is 1. The van der Waals surface area contributed by atoms with Gasteiger partial charge in [0.05, 0.1) is 0 Å². The summed E-state index contributed by atoms with van der Waals surface area (Å²) in [6, 6.07) is 9.83. The van der Waals surface area contributed by atoms with Crippen LogP contribution in [-0.2, 0) is 9.53 Å². The fourth-order valence-electron chi connectivity index (χ4n) is 1.60. The molecule has 4 heteroatoms. The average molecular weight is 315 g/mol. The molecule has 0 radical (unpaired) electrons. The Bertz CT molecular complexity index is 353. The quantitative estimate of drug-likeness (QED) is 0.613. The van der Waals surface area contributed by atoms with Crippen LogP contribution in [0.2, 0.25) is 4.82 Å². The Morgan fingerprint density at radius 3 is 2.56 bits per heavy atom. The van der Waals surface area contributed by atoms with Gasteiger partial charge in [-0.15, -0.1) is 0 Å². The number of carbonyl (C=O) groups excluding carboxylic acids is 1. The van der Waals surface area contributed by atoms with Crippen molar-refractivity contribution in [2.75, 3.05) is 6.61 Å². The van der Waals surface area contributed by atoms with Gasteiger partial charge in [-0.25, -0.2) is 0 Å². The maximum absolute atomic E-state index is 11.9. The molecule has 0 aliphatic heterocycles. The summed E-state index contributed by atoms with van der Waals surface area (Å²) in [5, 5.41) is 10.1. The van der Waals surface area contributed by atoms with Gasteiger partial charge in [-0.05, 0) is 0 Å². The Balaban J connectivity index is 2.74. The van der Waals surface area contributed by atoms with Crippen LogP contribution < -0.4 is 4.46 Å². The van der Waals surface area contributed by atoms with Crippen molar-refractivity contribution in [1.29, 1.82) is 0 Å². The van der Waals surface area contributed by atoms with Gasteiger partial charge >= 0.3 is 115 Å². The molecule has 3 nitrogen and oxygen atoms in total. The summed E-state index contributed by atoms with van der Waals surface area (Å²) < 4.78 is 6.17. The third kappa shape index (κ3) is 4.81. The van der Waals surface area contributed by atoms with Crippen molar-refractivity contribution in [2.45, 2.75) is 37.6 Å². The van der Waals surface area contributed by atoms with Crippen molar-refractivity contribution in [3.63, 3.8) is 0 Å². The van der Waals surface area contributed by atoms with E-state index in [2.05, 4.69) is 0 Å². The van der Waals surface area contributed by atoms with Gasteiger partial charge in [0.15, 0.2) is 0 Å². The molecule has 1 N–H and O–H groups in total. The monoisotopic (exact) mass is 316 g/mol. The predicted molar refractivity (Wildman–Crippen MR) is 73.1 cm³/mol. The van der Waals surface area contributed by atoms with E-state index in [1.807, 2.05) is 37.3 Å². The SMILES string of the molecule is CCCC(O)C([Se]c1ccccc1)C(=O)OCC. The summed E-state index contributed by atoms with van der Waals surface area (Å²) in [4.78, 5) is 11.5. The first-order valence-corrected chi connectivity index (χ1v) is 8.10. The molecule has 0 aliphatic carbocycles. The minimum atomic E-state index is -0.603. The number of esters is 1. The average Bonchev–Trinajstić information content (AvgIpc) is 2.37. The van der Waals surface area contributed by atoms with Crippen LogP contribution in [0.1, 0.15) is 26.7 Å². The number of aliphatic hydroxyl groups is 1. The van der Waals surface area contributed by atoms with Gasteiger partial charge in [0.2, 0.25) is 0 Å². The summed E-state index contributed by atoms with van der Waals surface area (Å²) in [6.07, 6.45) is 0.897. The van der Waals surface area contributed by atoms with Crippen LogP contribution >= 0.6 is 0 Å². The fourth-order valence-corrected chi connectivity index (χ4v) is 3.84. The van der Waals surface area contributed by atoms with E-state index in [1.54, 1.807) is 6.92 Å². The molecule has 0 aliphatic rings. The molecule has 18 heavy (non-hydrogen) atoms. The Kier molecular flexibility index (Phi) is 7.02. The zero-order valence-electron chi connectivity index (χ0n) is 10.8. The Morgan fingerprint density at radius 2 is 2.00 bits per heavy atom. The Hall–Kier alpha value is -0.831. The summed E-state index contributed by atoms with van der Waals surface area (Å²) >= 11 is -0.0951. The summed E-state index contributed by atoms with van der Waals surface area (Å²) in [6.45, 7) is 4.15. The first-order chi connectivity index (χ1) is 8.69. The molecule has 0 spiro atoms. The van der Waals surface area contributed by atoms with Crippen LogP contribution in [0.4, 0.5) is 0 Å². The molecule has 2 unspecified atom stereocenters. The molecule has 100 valence electrons. The van der Waals surface area contributed by atoms with Crippen LogP contribution in [-0.4, -0.2) is 38.7 Å². The predicted octanol–water partition coefficient (Wildman–Crippen LogP) is 1.53. The topological polar surface area (TPSA) is 46.5 Å². The summed E-state index contributed by atoms with van der Waals surface area (Å²) in [5.41, 5.74) is 0. The van der Waals surface area contributed by atoms with Gasteiger partial charge in [-0.2, -0.15) is 0 Å². The second-order valence-electron chi connectivity index (χ2n) is 3.96. The first kappa shape index (κ1) is 15.2. The normalized spacial score (nSPS) is 13.9. The van der Waals surface area contributed by atoms with Crippen molar-refractivity contribution >= 4 is 25.4 Å². The van der Waals surface area contributed by atoms with E-state index >= 15 is 0 Å². The van der Waals surface area contributed by atoms with Crippen molar-refractivity contribution in [3.8, 4) is 0 Å². The minimum absolute atomic E-state index is 0.0951. The van der Waals surface area contributed by atoms with Crippen LogP contribution in [0.5, 0.6) is 0 Å². The molecule has 0 saturated carbocycles. The van der Waals surface area contributed by atoms with E-state index in [-0.39, 0.29) is 20.9 Å². The van der Waals surface area contributed by atoms with E-state index in [0.29, 0.717) is 13.0 Å². The first-order valence-electron chi connectivity index (χ1n) is 6.25. The third-order valence-electron chi connectivity index (χ3n) is 2.46. The van der Waals surface area contributed by atoms with Gasteiger partial charge < -0.3 is 0 Å². The molecular formula is C14H20O3Se. The Morgan fingerprint density at radius 1 is 1.33 bits per heavy atom. The maximum atomic E-state index is 11.9. The van der Waals surface area contributed by atoms with Gasteiger partial charge in [0.1, 0.15) is 0 Å². The van der Waals surface area contributed by atoms with E-state index in [4.69, 9.17) is 4.74 Å². The number of hydrogen-bond acceptors (Lipinski definition) is 3. The van der Waals surface area contributed by atoms with Gasteiger partial charge in [-0.3, -0.25) is 0 Å². The molecule has 0 bridgehead atoms. The van der Waals surface area contributed by atoms with E-state index < -0.39 is 10.9 Å². The van der Waals surface area contributed by atoms with E-state index in [1.165, 1.54) is 0 Å². The molecular weight excluding hydrogens is 295 g/mol. The van der Waals surface area contributed by atoms with Crippen LogP contribution in [0.15, 0.2) is 30.3 Å². The van der Waals surface area contributed by atoms with Crippen molar-refractivity contribution in [1.82, 2.24) is 0 Å². The van der Waals surface area contributed by atoms with E-state index in [0.717, 1.165) is 10.9 Å². The van der Waals surface area contributed by atoms with Gasteiger partial charge in [-0.1, -0.05) is 0 Å². The number of hydrogen-bond donors (Lipinski definition) is 1. The zero-order chi connectivity index (χ0) is 13.4. The second-order valence-corrected chi connectivity index (χ2v) is 6.51. The van der Waals surface area contributed by atoms with Crippen LogP contribution in [0.25, 0.3) is 0 Å². The standard InChI is InChI=1S/C14H20O3Se/c1-3-8-12(15)13(14(16)17-4-2)18-11-9-6-5-7-10-11/h5-7,9-10,12-13,15H,3-4,8H2,1-2H3. The van der Waals surface area contributed by atoms with Crippen LogP contribution in [0, 0.1) is 0 Å². The van der Waals surface area contributed by atoms with Gasteiger partial charge in [0, 0.05) is 0 Å². The fraction of sp³-hybridized carbons (Fsp3) is 0.500. The number of rotatable bonds is 7. The molecule has 0 amide bonds. The number of ether oxygens (including phenoxy) is 1. The molecule has 1 aromatic rings. The molecule has 0 fully saturated rings. The third-order valence-corrected chi connectivity index (χ3v) is 5.20. The molecule has 1 rings (SSSR count). The summed E-state index contributed by atoms with van der Waals surface area (Å²) in [5.74, 6) is -0.276.